The molecule has 1 aromatic carbocycles. The Hall–Kier alpha value is -1.79. The van der Waals surface area contributed by atoms with E-state index in [4.69, 9.17) is 9.47 Å². The van der Waals surface area contributed by atoms with Crippen LogP contribution in [-0.4, -0.2) is 35.3 Å². The zero-order valence-electron chi connectivity index (χ0n) is 12.3. The van der Waals surface area contributed by atoms with Crippen LogP contribution in [0.2, 0.25) is 0 Å². The van der Waals surface area contributed by atoms with Crippen LogP contribution in [0, 0.1) is 0 Å². The number of aliphatic imine (C=N–C) groups is 1. The van der Waals surface area contributed by atoms with Gasteiger partial charge < -0.3 is 14.8 Å². The Morgan fingerprint density at radius 2 is 2.32 bits per heavy atom. The number of benzene rings is 1. The fraction of sp³-hybridized carbons (Fsp3) is 0.375. The van der Waals surface area contributed by atoms with Gasteiger partial charge in [-0.3, -0.25) is 9.79 Å². The summed E-state index contributed by atoms with van der Waals surface area (Å²) >= 11 is 1.54. The highest BCUT2D eigenvalue weighted by Crippen LogP contribution is 2.36. The number of thioether (sulfide) groups is 1. The molecule has 1 aromatic rings. The lowest BCUT2D eigenvalue weighted by molar-refractivity contribution is -0.143. The Labute approximate surface area is 133 Å². The number of amidine groups is 1. The first-order chi connectivity index (χ1) is 10.7. The van der Waals surface area contributed by atoms with Crippen molar-refractivity contribution in [1.82, 2.24) is 5.32 Å². The smallest absolute Gasteiger partial charge is 0.302 e. The predicted molar refractivity (Wildman–Crippen MR) is 86.6 cm³/mol. The second kappa shape index (κ2) is 6.54. The van der Waals surface area contributed by atoms with Crippen LogP contribution >= 0.6 is 11.8 Å². The molecule has 0 radical (unpaired) electrons. The van der Waals surface area contributed by atoms with Crippen LogP contribution in [0.25, 0.3) is 0 Å². The minimum Gasteiger partial charge on any atom is -0.463 e. The summed E-state index contributed by atoms with van der Waals surface area (Å²) in [6, 6.07) is 10.1. The fourth-order valence-electron chi connectivity index (χ4n) is 2.39. The van der Waals surface area contributed by atoms with Gasteiger partial charge in [-0.2, -0.15) is 0 Å². The Morgan fingerprint density at radius 1 is 1.50 bits per heavy atom. The number of ether oxygens (including phenoxy) is 2. The Morgan fingerprint density at radius 3 is 3.09 bits per heavy atom. The number of fused-ring (bicyclic) bond motifs is 1. The highest BCUT2D eigenvalue weighted by molar-refractivity contribution is 8.14. The van der Waals surface area contributed by atoms with Crippen molar-refractivity contribution in [2.45, 2.75) is 24.4 Å². The molecule has 2 atom stereocenters. The number of carbonyl (C=O) groups excluding carboxylic acids is 1. The summed E-state index contributed by atoms with van der Waals surface area (Å²) in [7, 11) is 0. The molecule has 0 saturated carbocycles. The first-order valence-corrected chi connectivity index (χ1v) is 8.02. The first-order valence-electron chi connectivity index (χ1n) is 7.14. The quantitative estimate of drug-likeness (QED) is 0.680. The summed E-state index contributed by atoms with van der Waals surface area (Å²) in [6.07, 6.45) is 3.95. The number of nitrogens with zero attached hydrogens (tertiary/aromatic N) is 1. The van der Waals surface area contributed by atoms with Crippen molar-refractivity contribution in [3.63, 3.8) is 0 Å². The van der Waals surface area contributed by atoms with E-state index in [1.165, 1.54) is 18.7 Å². The zero-order chi connectivity index (χ0) is 15.4. The van der Waals surface area contributed by atoms with Gasteiger partial charge in [-0.1, -0.05) is 54.2 Å². The fourth-order valence-corrected chi connectivity index (χ4v) is 3.55. The molecule has 116 valence electrons. The van der Waals surface area contributed by atoms with E-state index in [1.54, 1.807) is 0 Å². The Kier molecular flexibility index (Phi) is 4.49. The Bertz CT molecular complexity index is 603. The van der Waals surface area contributed by atoms with E-state index >= 15 is 0 Å². The van der Waals surface area contributed by atoms with E-state index in [0.717, 1.165) is 10.7 Å². The lowest BCUT2D eigenvalue weighted by atomic mass is 10.00. The lowest BCUT2D eigenvalue weighted by Crippen LogP contribution is -2.53. The van der Waals surface area contributed by atoms with Crippen LogP contribution < -0.4 is 5.32 Å². The molecule has 6 heteroatoms. The normalized spacial score (nSPS) is 28.2. The second-order valence-corrected chi connectivity index (χ2v) is 6.29. The molecule has 0 aliphatic carbocycles. The average Bonchev–Trinajstić information content (AvgIpc) is 2.91. The number of hydrogen-bond acceptors (Lipinski definition) is 5. The van der Waals surface area contributed by atoms with Crippen molar-refractivity contribution < 1.29 is 14.3 Å². The van der Waals surface area contributed by atoms with E-state index in [2.05, 4.69) is 10.3 Å². The molecule has 2 heterocycles. The molecule has 2 aliphatic heterocycles. The molecule has 5 nitrogen and oxygen atoms in total. The molecule has 2 aliphatic rings. The monoisotopic (exact) mass is 318 g/mol. The summed E-state index contributed by atoms with van der Waals surface area (Å²) in [6.45, 7) is 2.82. The average molecular weight is 318 g/mol. The number of rotatable bonds is 4. The van der Waals surface area contributed by atoms with Crippen molar-refractivity contribution in [2.24, 2.45) is 4.99 Å². The zero-order valence-corrected chi connectivity index (χ0v) is 13.1. The second-order valence-electron chi connectivity index (χ2n) is 5.24. The summed E-state index contributed by atoms with van der Waals surface area (Å²) in [5, 5.41) is 4.17. The molecule has 22 heavy (non-hydrogen) atoms. The maximum absolute atomic E-state index is 11.1. The van der Waals surface area contributed by atoms with Crippen molar-refractivity contribution in [1.29, 1.82) is 0 Å². The molecule has 0 bridgehead atoms. The van der Waals surface area contributed by atoms with Gasteiger partial charge in [0.15, 0.2) is 5.17 Å². The number of carbonyl (C=O) groups is 1. The third-order valence-electron chi connectivity index (χ3n) is 3.50. The summed E-state index contributed by atoms with van der Waals surface area (Å²) in [4.78, 5) is 15.7. The molecule has 1 N–H and O–H groups in total. The number of hydrogen-bond donors (Lipinski definition) is 1. The predicted octanol–water partition coefficient (Wildman–Crippen LogP) is 2.09. The van der Waals surface area contributed by atoms with E-state index in [9.17, 15) is 4.79 Å². The van der Waals surface area contributed by atoms with Crippen molar-refractivity contribution in [3.05, 3.63) is 48.0 Å². The molecule has 0 amide bonds. The van der Waals surface area contributed by atoms with Crippen molar-refractivity contribution >= 4 is 22.9 Å². The lowest BCUT2D eigenvalue weighted by Gasteiger charge is -2.32. The third kappa shape index (κ3) is 3.34. The number of esters is 1. The molecular weight excluding hydrogens is 300 g/mol. The van der Waals surface area contributed by atoms with Crippen LogP contribution in [0.4, 0.5) is 0 Å². The van der Waals surface area contributed by atoms with Gasteiger partial charge in [0.1, 0.15) is 17.6 Å². The maximum Gasteiger partial charge on any atom is 0.302 e. The maximum atomic E-state index is 11.1. The molecule has 0 aromatic heterocycles. The summed E-state index contributed by atoms with van der Waals surface area (Å²) < 4.78 is 11.0. The van der Waals surface area contributed by atoms with E-state index in [1.807, 2.05) is 42.5 Å². The minimum absolute atomic E-state index is 0.133. The Balaban J connectivity index is 1.72. The van der Waals surface area contributed by atoms with Gasteiger partial charge >= 0.3 is 5.97 Å². The first kappa shape index (κ1) is 15.1. The van der Waals surface area contributed by atoms with E-state index in [-0.39, 0.29) is 18.0 Å². The molecule has 3 rings (SSSR count). The molecule has 1 saturated heterocycles. The largest absolute Gasteiger partial charge is 0.463 e. The molecule has 1 fully saturated rings. The van der Waals surface area contributed by atoms with Crippen LogP contribution in [0.1, 0.15) is 12.5 Å². The number of nitrogens with one attached hydrogen (secondary N) is 1. The molecular formula is C16H18N2O3S. The highest BCUT2D eigenvalue weighted by atomic mass is 32.2. The summed E-state index contributed by atoms with van der Waals surface area (Å²) in [5.41, 5.74) is 0.494. The van der Waals surface area contributed by atoms with Crippen LogP contribution in [0.5, 0.6) is 0 Å². The van der Waals surface area contributed by atoms with Crippen LogP contribution in [0.3, 0.4) is 0 Å². The van der Waals surface area contributed by atoms with E-state index in [0.29, 0.717) is 13.2 Å². The third-order valence-corrected chi connectivity index (χ3v) is 4.73. The van der Waals surface area contributed by atoms with Crippen molar-refractivity contribution in [2.75, 3.05) is 13.2 Å². The minimum atomic E-state index is -0.524. The van der Waals surface area contributed by atoms with Crippen molar-refractivity contribution in [3.8, 4) is 0 Å². The highest BCUT2D eigenvalue weighted by Gasteiger charge is 2.48. The van der Waals surface area contributed by atoms with Gasteiger partial charge in [0.05, 0.1) is 13.2 Å². The van der Waals surface area contributed by atoms with Gasteiger partial charge in [-0.05, 0) is 5.56 Å². The van der Waals surface area contributed by atoms with Gasteiger partial charge in [-0.25, -0.2) is 0 Å². The van der Waals surface area contributed by atoms with Gasteiger partial charge in [0.2, 0.25) is 0 Å². The van der Waals surface area contributed by atoms with Crippen LogP contribution in [0.15, 0.2) is 47.5 Å². The molecule has 0 spiro atoms. The topological polar surface area (TPSA) is 59.9 Å². The summed E-state index contributed by atoms with van der Waals surface area (Å²) in [5.74, 6) is -0.298. The SMILES string of the molecule is CC(=O)OCC12C=CCOC1SC(=NCc1ccccc1)N2. The van der Waals surface area contributed by atoms with Gasteiger partial charge in [-0.15, -0.1) is 0 Å². The molecule has 2 unspecified atom stereocenters. The van der Waals surface area contributed by atoms with E-state index < -0.39 is 5.54 Å². The van der Waals surface area contributed by atoms with Crippen LogP contribution in [-0.2, 0) is 20.8 Å². The van der Waals surface area contributed by atoms with Gasteiger partial charge in [0.25, 0.3) is 0 Å². The standard InChI is InChI=1S/C16H18N2O3S/c1-12(19)21-11-16-8-5-9-20-14(16)22-15(18-16)17-10-13-6-3-2-4-7-13/h2-8,14H,9-11H2,1H3,(H,17,18). The van der Waals surface area contributed by atoms with Gasteiger partial charge in [0, 0.05) is 6.92 Å².